The normalized spacial score (nSPS) is 30.2. The fourth-order valence-corrected chi connectivity index (χ4v) is 4.92. The van der Waals surface area contributed by atoms with Crippen LogP contribution in [0.1, 0.15) is 22.0 Å². The molecule has 160 valence electrons. The molecule has 30 heavy (non-hydrogen) atoms. The van der Waals surface area contributed by atoms with Gasteiger partial charge in [-0.1, -0.05) is 0 Å². The van der Waals surface area contributed by atoms with Gasteiger partial charge in [0.25, 0.3) is 0 Å². The molecule has 3 heterocycles. The molecule has 3 fully saturated rings. The molecule has 5 rings (SSSR count). The topological polar surface area (TPSA) is 50.3 Å². The number of fused-ring (bicyclic) bond motifs is 1. The van der Waals surface area contributed by atoms with Gasteiger partial charge in [0, 0.05) is 46.6 Å². The molecule has 1 saturated carbocycles. The van der Waals surface area contributed by atoms with Gasteiger partial charge >= 0.3 is 0 Å². The Kier molecular flexibility index (Phi) is 4.75. The summed E-state index contributed by atoms with van der Waals surface area (Å²) in [6, 6.07) is 4.70. The number of anilines is 1. The molecule has 0 bridgehead atoms. The van der Waals surface area contributed by atoms with Crippen LogP contribution in [-0.2, 0) is 4.74 Å². The lowest BCUT2D eigenvalue weighted by Gasteiger charge is -2.22. The Morgan fingerprint density at radius 1 is 1.13 bits per heavy atom. The molecule has 0 radical (unpaired) electrons. The summed E-state index contributed by atoms with van der Waals surface area (Å²) in [5.41, 5.74) is -0.206. The van der Waals surface area contributed by atoms with Gasteiger partial charge in [-0.15, -0.1) is 10.2 Å². The van der Waals surface area contributed by atoms with Crippen molar-refractivity contribution in [2.24, 2.45) is 17.8 Å². The van der Waals surface area contributed by atoms with Crippen molar-refractivity contribution in [3.63, 3.8) is 0 Å². The predicted molar refractivity (Wildman–Crippen MR) is 106 cm³/mol. The van der Waals surface area contributed by atoms with E-state index < -0.39 is 23.9 Å². The maximum Gasteiger partial charge on any atom is 0.168 e. The number of nitrogens with one attached hydrogen (secondary N) is 1. The molecule has 0 amide bonds. The Hall–Kier alpha value is -2.19. The first-order valence-electron chi connectivity index (χ1n) is 11.4. The molecular formula is C22H25F3N4O. The molecule has 1 aliphatic carbocycles. The van der Waals surface area contributed by atoms with E-state index in [0.29, 0.717) is 36.9 Å². The van der Waals surface area contributed by atoms with E-state index in [2.05, 4.69) is 15.5 Å². The second-order valence-corrected chi connectivity index (χ2v) is 8.48. The number of nitrogens with zero attached hydrogens (tertiary/aromatic N) is 3. The molecule has 4 atom stereocenters. The van der Waals surface area contributed by atoms with Gasteiger partial charge in [-0.25, -0.2) is 13.2 Å². The minimum Gasteiger partial charge on any atom is -0.381 e. The Balaban J connectivity index is 1.20. The maximum absolute atomic E-state index is 14.0. The number of rotatable bonds is 5. The number of hydrogen-bond donors (Lipinski definition) is 1. The van der Waals surface area contributed by atoms with Crippen molar-refractivity contribution in [2.75, 3.05) is 38.1 Å². The highest BCUT2D eigenvalue weighted by atomic mass is 19.2. The third-order valence-corrected chi connectivity index (χ3v) is 6.33. The Labute approximate surface area is 176 Å². The quantitative estimate of drug-likeness (QED) is 0.748. The van der Waals surface area contributed by atoms with Gasteiger partial charge in [-0.05, 0) is 55.2 Å². The molecule has 3 aliphatic rings. The zero-order chi connectivity index (χ0) is 22.5. The standard InChI is InChI=1S/C22H25F3N4O/c23-16-7-18(22(25)19(24)8-16)20-1-2-21(28-27-20)26-17-5-14-10-29(11-15(14)6-17)9-13-3-4-30-12-13/h1-2,7-8,13-15,17H,3-6,9-12H2,(H,26,28)/t13-,14-,15+,17?/m0/s1/i9D2. The number of hydrogen-bond acceptors (Lipinski definition) is 5. The highest BCUT2D eigenvalue weighted by Crippen LogP contribution is 2.39. The molecule has 8 heteroatoms. The fourth-order valence-electron chi connectivity index (χ4n) is 4.92. The van der Waals surface area contributed by atoms with Crippen LogP contribution in [0.2, 0.25) is 0 Å². The minimum atomic E-state index is -1.34. The van der Waals surface area contributed by atoms with Crippen LogP contribution in [0.25, 0.3) is 11.3 Å². The number of aromatic nitrogens is 2. The van der Waals surface area contributed by atoms with Crippen LogP contribution >= 0.6 is 0 Å². The van der Waals surface area contributed by atoms with Crippen molar-refractivity contribution in [3.8, 4) is 11.3 Å². The minimum absolute atomic E-state index is 0.0588. The van der Waals surface area contributed by atoms with Crippen LogP contribution in [-0.4, -0.2) is 53.9 Å². The van der Waals surface area contributed by atoms with Gasteiger partial charge < -0.3 is 15.0 Å². The summed E-state index contributed by atoms with van der Waals surface area (Å²) in [5.74, 6) is -2.01. The van der Waals surface area contributed by atoms with Crippen molar-refractivity contribution < 1.29 is 20.6 Å². The van der Waals surface area contributed by atoms with E-state index >= 15 is 0 Å². The van der Waals surface area contributed by atoms with E-state index in [4.69, 9.17) is 7.48 Å². The first kappa shape index (κ1) is 17.5. The van der Waals surface area contributed by atoms with Crippen molar-refractivity contribution in [1.82, 2.24) is 15.1 Å². The second-order valence-electron chi connectivity index (χ2n) is 8.48. The van der Waals surface area contributed by atoms with E-state index in [0.717, 1.165) is 38.4 Å². The summed E-state index contributed by atoms with van der Waals surface area (Å²) in [5, 5.41) is 11.3. The lowest BCUT2D eigenvalue weighted by molar-refractivity contribution is 0.171. The van der Waals surface area contributed by atoms with E-state index in [1.165, 1.54) is 6.07 Å². The summed E-state index contributed by atoms with van der Waals surface area (Å²) >= 11 is 0. The summed E-state index contributed by atoms with van der Waals surface area (Å²) in [7, 11) is 0. The monoisotopic (exact) mass is 420 g/mol. The molecular weight excluding hydrogens is 393 g/mol. The largest absolute Gasteiger partial charge is 0.381 e. The van der Waals surface area contributed by atoms with Crippen LogP contribution < -0.4 is 5.32 Å². The van der Waals surface area contributed by atoms with Gasteiger partial charge in [-0.2, -0.15) is 0 Å². The van der Waals surface area contributed by atoms with Crippen LogP contribution in [0.15, 0.2) is 24.3 Å². The van der Waals surface area contributed by atoms with E-state index in [9.17, 15) is 13.2 Å². The summed E-state index contributed by atoms with van der Waals surface area (Å²) < 4.78 is 63.4. The molecule has 1 aromatic carbocycles. The van der Waals surface area contributed by atoms with Gasteiger partial charge in [0.2, 0.25) is 0 Å². The van der Waals surface area contributed by atoms with Crippen molar-refractivity contribution in [2.45, 2.75) is 25.3 Å². The molecule has 2 aromatic rings. The molecule has 2 saturated heterocycles. The summed E-state index contributed by atoms with van der Waals surface area (Å²) in [4.78, 5) is 1.99. The molecule has 1 aromatic heterocycles. The van der Waals surface area contributed by atoms with Crippen LogP contribution in [0.4, 0.5) is 19.0 Å². The van der Waals surface area contributed by atoms with Gasteiger partial charge in [0.05, 0.1) is 12.3 Å². The molecule has 0 spiro atoms. The lowest BCUT2D eigenvalue weighted by atomic mass is 10.0. The zero-order valence-electron chi connectivity index (χ0n) is 18.5. The van der Waals surface area contributed by atoms with E-state index in [-0.39, 0.29) is 23.2 Å². The number of benzene rings is 1. The third kappa shape index (κ3) is 4.03. The Morgan fingerprint density at radius 2 is 1.93 bits per heavy atom. The van der Waals surface area contributed by atoms with Gasteiger partial charge in [0.15, 0.2) is 11.6 Å². The Bertz CT molecular complexity index is 974. The van der Waals surface area contributed by atoms with Crippen LogP contribution in [0.3, 0.4) is 0 Å². The molecule has 1 N–H and O–H groups in total. The third-order valence-electron chi connectivity index (χ3n) is 6.33. The van der Waals surface area contributed by atoms with Crippen molar-refractivity contribution in [3.05, 3.63) is 41.7 Å². The van der Waals surface area contributed by atoms with Crippen molar-refractivity contribution in [1.29, 1.82) is 0 Å². The van der Waals surface area contributed by atoms with E-state index in [1.807, 2.05) is 4.90 Å². The highest BCUT2D eigenvalue weighted by molar-refractivity contribution is 5.60. The highest BCUT2D eigenvalue weighted by Gasteiger charge is 2.41. The number of ether oxygens (including phenoxy) is 1. The Morgan fingerprint density at radius 3 is 2.60 bits per heavy atom. The molecule has 5 nitrogen and oxygen atoms in total. The predicted octanol–water partition coefficient (Wildman–Crippen LogP) is 3.72. The smallest absolute Gasteiger partial charge is 0.168 e. The number of likely N-dealkylation sites (tertiary alicyclic amines) is 1. The van der Waals surface area contributed by atoms with Gasteiger partial charge in [-0.3, -0.25) is 0 Å². The maximum atomic E-state index is 14.0. The van der Waals surface area contributed by atoms with Gasteiger partial charge in [0.1, 0.15) is 11.6 Å². The lowest BCUT2D eigenvalue weighted by Crippen LogP contribution is -2.30. The first-order valence-corrected chi connectivity index (χ1v) is 10.4. The van der Waals surface area contributed by atoms with Crippen LogP contribution in [0.5, 0.6) is 0 Å². The SMILES string of the molecule is [2H]C([2H])([C@@H]1CCOC1)N1C[C@H]2CC(Nc3ccc(-c4cc(F)cc(F)c4F)nn3)C[C@H]2C1. The zero-order valence-corrected chi connectivity index (χ0v) is 16.5. The average Bonchev–Trinajstić information content (AvgIpc) is 3.48. The van der Waals surface area contributed by atoms with Crippen molar-refractivity contribution >= 4 is 5.82 Å². The second kappa shape index (κ2) is 8.15. The number of halogens is 3. The summed E-state index contributed by atoms with van der Waals surface area (Å²) in [6.07, 6.45) is 2.58. The van der Waals surface area contributed by atoms with E-state index in [1.54, 1.807) is 6.07 Å². The molecule has 2 aliphatic heterocycles. The fraction of sp³-hybridized carbons (Fsp3) is 0.545. The summed E-state index contributed by atoms with van der Waals surface area (Å²) in [6.45, 7) is 1.26. The molecule has 1 unspecified atom stereocenters. The average molecular weight is 420 g/mol. The first-order chi connectivity index (χ1) is 15.3. The van der Waals surface area contributed by atoms with Crippen LogP contribution in [0, 0.1) is 35.2 Å².